The molecule has 12 nitrogen and oxygen atoms in total. The number of fused-ring (bicyclic) bond motifs is 1. The molecule has 1 aromatic heterocycles. The van der Waals surface area contributed by atoms with Crippen molar-refractivity contribution in [2.45, 2.75) is 70.5 Å². The standard InChI is InChI=1S/C31H40N6O6/c1-2-3-16-42-31(41)37-26(18-32)29(39)43-28(38)23-9-5-4-8-21(23)19-33-30(40)34-22-14-12-20(13-15-22)17-27-35-24-10-6-7-11-25(24)36-27/h4-11,20,22,26H,2-3,12-19,32H2,1H3,(H,35,36)(H,37,41)(H2,33,34,40). The molecule has 1 heterocycles. The molecule has 0 bridgehead atoms. The number of hydrogen-bond acceptors (Lipinski definition) is 8. The molecule has 0 spiro atoms. The molecule has 1 aliphatic rings. The summed E-state index contributed by atoms with van der Waals surface area (Å²) < 4.78 is 9.97. The van der Waals surface area contributed by atoms with Crippen LogP contribution in [0.4, 0.5) is 9.59 Å². The smallest absolute Gasteiger partial charge is 0.407 e. The second kappa shape index (κ2) is 15.7. The van der Waals surface area contributed by atoms with Crippen LogP contribution in [0.3, 0.4) is 0 Å². The molecule has 1 fully saturated rings. The van der Waals surface area contributed by atoms with Crippen molar-refractivity contribution in [3.63, 3.8) is 0 Å². The number of alkyl carbamates (subject to hydrolysis) is 1. The number of H-pyrrole nitrogens is 1. The maximum absolute atomic E-state index is 12.8. The number of nitrogens with zero attached hydrogens (tertiary/aromatic N) is 1. The number of benzene rings is 2. The van der Waals surface area contributed by atoms with Gasteiger partial charge < -0.3 is 36.1 Å². The molecule has 3 amide bonds. The zero-order chi connectivity index (χ0) is 30.6. The highest BCUT2D eigenvalue weighted by molar-refractivity contribution is 5.99. The van der Waals surface area contributed by atoms with Crippen LogP contribution in [0.2, 0.25) is 0 Å². The molecule has 0 aliphatic heterocycles. The minimum Gasteiger partial charge on any atom is -0.450 e. The summed E-state index contributed by atoms with van der Waals surface area (Å²) in [5, 5.41) is 8.13. The maximum atomic E-state index is 12.8. The average molecular weight is 593 g/mol. The Kier molecular flexibility index (Phi) is 11.5. The Labute approximate surface area is 250 Å². The molecule has 0 saturated heterocycles. The highest BCUT2D eigenvalue weighted by Gasteiger charge is 2.26. The first-order valence-corrected chi connectivity index (χ1v) is 14.8. The number of esters is 2. The summed E-state index contributed by atoms with van der Waals surface area (Å²) in [7, 11) is 0. The molecule has 1 saturated carbocycles. The lowest BCUT2D eigenvalue weighted by atomic mass is 9.84. The Morgan fingerprint density at radius 3 is 2.53 bits per heavy atom. The molecular formula is C31H40N6O6. The number of urea groups is 1. The number of carbonyl (C=O) groups excluding carboxylic acids is 4. The van der Waals surface area contributed by atoms with Gasteiger partial charge in [0.05, 0.1) is 23.2 Å². The number of amides is 3. The number of unbranched alkanes of at least 4 members (excludes halogenated alkanes) is 1. The summed E-state index contributed by atoms with van der Waals surface area (Å²) in [6.45, 7) is 1.92. The summed E-state index contributed by atoms with van der Waals surface area (Å²) in [5.41, 5.74) is 8.20. The topological polar surface area (TPSA) is 178 Å². The minimum absolute atomic E-state index is 0.0506. The van der Waals surface area contributed by atoms with Crippen molar-refractivity contribution in [2.75, 3.05) is 13.2 Å². The number of aromatic amines is 1. The lowest BCUT2D eigenvalue weighted by Crippen LogP contribution is -2.47. The van der Waals surface area contributed by atoms with Crippen LogP contribution >= 0.6 is 0 Å². The summed E-state index contributed by atoms with van der Waals surface area (Å²) in [6.07, 6.45) is 5.29. The van der Waals surface area contributed by atoms with E-state index in [-0.39, 0.29) is 37.3 Å². The van der Waals surface area contributed by atoms with Gasteiger partial charge >= 0.3 is 24.1 Å². The number of aromatic nitrogens is 2. The van der Waals surface area contributed by atoms with Crippen molar-refractivity contribution in [2.24, 2.45) is 11.7 Å². The van der Waals surface area contributed by atoms with E-state index in [0.29, 0.717) is 17.9 Å². The van der Waals surface area contributed by atoms with Crippen molar-refractivity contribution < 1.29 is 28.7 Å². The Bertz CT molecular complexity index is 1370. The highest BCUT2D eigenvalue weighted by atomic mass is 16.6. The maximum Gasteiger partial charge on any atom is 0.407 e. The fraction of sp³-hybridized carbons (Fsp3) is 0.452. The summed E-state index contributed by atoms with van der Waals surface area (Å²) in [4.78, 5) is 57.9. The summed E-state index contributed by atoms with van der Waals surface area (Å²) in [6, 6.07) is 13.0. The number of nitrogens with one attached hydrogen (secondary N) is 4. The monoisotopic (exact) mass is 592 g/mol. The third kappa shape index (κ3) is 9.27. The van der Waals surface area contributed by atoms with E-state index in [9.17, 15) is 19.2 Å². The molecule has 2 aromatic carbocycles. The largest absolute Gasteiger partial charge is 0.450 e. The molecule has 1 unspecified atom stereocenters. The molecule has 230 valence electrons. The predicted molar refractivity (Wildman–Crippen MR) is 160 cm³/mol. The van der Waals surface area contributed by atoms with E-state index in [1.165, 1.54) is 6.07 Å². The van der Waals surface area contributed by atoms with E-state index in [1.54, 1.807) is 18.2 Å². The first kappa shape index (κ1) is 31.5. The van der Waals surface area contributed by atoms with Gasteiger partial charge in [-0.3, -0.25) is 0 Å². The van der Waals surface area contributed by atoms with Crippen LogP contribution in [0.25, 0.3) is 11.0 Å². The normalized spacial score (nSPS) is 17.1. The van der Waals surface area contributed by atoms with E-state index < -0.39 is 24.1 Å². The van der Waals surface area contributed by atoms with Crippen LogP contribution in [-0.2, 0) is 27.2 Å². The SMILES string of the molecule is CCCCOC(=O)NC(CN)C(=O)OC(=O)c1ccccc1CNC(=O)NC1CCC(Cc2nc3ccccc3[nH]2)CC1. The van der Waals surface area contributed by atoms with Gasteiger partial charge in [0, 0.05) is 25.6 Å². The Hall–Kier alpha value is -4.45. The number of imidazole rings is 1. The second-order valence-corrected chi connectivity index (χ2v) is 10.7. The van der Waals surface area contributed by atoms with Crippen LogP contribution in [0, 0.1) is 5.92 Å². The second-order valence-electron chi connectivity index (χ2n) is 10.7. The van der Waals surface area contributed by atoms with Gasteiger partial charge in [-0.15, -0.1) is 0 Å². The molecule has 1 aliphatic carbocycles. The van der Waals surface area contributed by atoms with Crippen LogP contribution < -0.4 is 21.7 Å². The van der Waals surface area contributed by atoms with Gasteiger partial charge in [0.2, 0.25) is 0 Å². The Morgan fingerprint density at radius 1 is 1.05 bits per heavy atom. The summed E-state index contributed by atoms with van der Waals surface area (Å²) in [5.74, 6) is -0.418. The van der Waals surface area contributed by atoms with E-state index in [4.69, 9.17) is 15.2 Å². The molecule has 3 aromatic rings. The first-order chi connectivity index (χ1) is 20.9. The van der Waals surface area contributed by atoms with Crippen molar-refractivity contribution in [1.29, 1.82) is 0 Å². The van der Waals surface area contributed by atoms with Gasteiger partial charge in [-0.1, -0.05) is 43.7 Å². The van der Waals surface area contributed by atoms with Gasteiger partial charge in [0.15, 0.2) is 0 Å². The lowest BCUT2D eigenvalue weighted by Gasteiger charge is -2.28. The van der Waals surface area contributed by atoms with Crippen LogP contribution in [-0.4, -0.2) is 59.3 Å². The molecular weight excluding hydrogens is 552 g/mol. The van der Waals surface area contributed by atoms with E-state index in [0.717, 1.165) is 55.4 Å². The molecule has 4 rings (SSSR count). The van der Waals surface area contributed by atoms with Crippen molar-refractivity contribution in [3.8, 4) is 0 Å². The quantitative estimate of drug-likeness (QED) is 0.120. The van der Waals surface area contributed by atoms with Crippen molar-refractivity contribution in [1.82, 2.24) is 25.9 Å². The number of nitrogens with two attached hydrogens (primary N) is 1. The fourth-order valence-corrected chi connectivity index (χ4v) is 5.10. The van der Waals surface area contributed by atoms with Gasteiger partial charge in [0.1, 0.15) is 11.9 Å². The molecule has 12 heteroatoms. The molecule has 0 radical (unpaired) electrons. The van der Waals surface area contributed by atoms with E-state index in [2.05, 4.69) is 25.9 Å². The number of hydrogen-bond donors (Lipinski definition) is 5. The number of para-hydroxylation sites is 2. The van der Waals surface area contributed by atoms with Crippen molar-refractivity contribution >= 4 is 35.1 Å². The minimum atomic E-state index is -1.25. The molecule has 43 heavy (non-hydrogen) atoms. The number of carbonyl (C=O) groups is 4. The van der Waals surface area contributed by atoms with Gasteiger partial charge in [-0.2, -0.15) is 0 Å². The third-order valence-electron chi connectivity index (χ3n) is 7.52. The lowest BCUT2D eigenvalue weighted by molar-refractivity contribution is -0.140. The summed E-state index contributed by atoms with van der Waals surface area (Å²) >= 11 is 0. The zero-order valence-corrected chi connectivity index (χ0v) is 24.4. The van der Waals surface area contributed by atoms with Gasteiger partial charge in [0.25, 0.3) is 0 Å². The third-order valence-corrected chi connectivity index (χ3v) is 7.52. The average Bonchev–Trinajstić information content (AvgIpc) is 3.42. The fourth-order valence-electron chi connectivity index (χ4n) is 5.10. The van der Waals surface area contributed by atoms with Gasteiger partial charge in [-0.25, -0.2) is 24.2 Å². The number of ether oxygens (including phenoxy) is 2. The number of rotatable bonds is 12. The molecule has 1 atom stereocenters. The Morgan fingerprint density at radius 2 is 1.79 bits per heavy atom. The van der Waals surface area contributed by atoms with Gasteiger partial charge in [-0.05, 0) is 61.8 Å². The van der Waals surface area contributed by atoms with Crippen LogP contribution in [0.1, 0.15) is 67.2 Å². The van der Waals surface area contributed by atoms with E-state index >= 15 is 0 Å². The molecule has 6 N–H and O–H groups in total. The first-order valence-electron chi connectivity index (χ1n) is 14.8. The van der Waals surface area contributed by atoms with E-state index in [1.807, 2.05) is 31.2 Å². The van der Waals surface area contributed by atoms with Crippen LogP contribution in [0.5, 0.6) is 0 Å². The van der Waals surface area contributed by atoms with Crippen LogP contribution in [0.15, 0.2) is 48.5 Å². The highest BCUT2D eigenvalue weighted by Crippen LogP contribution is 2.27. The predicted octanol–water partition coefficient (Wildman–Crippen LogP) is 3.70. The zero-order valence-electron chi connectivity index (χ0n) is 24.4. The Balaban J connectivity index is 1.21. The van der Waals surface area contributed by atoms with Crippen molar-refractivity contribution in [3.05, 3.63) is 65.5 Å².